The Bertz CT molecular complexity index is 412. The second-order valence-electron chi connectivity index (χ2n) is 6.95. The fourth-order valence-corrected chi connectivity index (χ4v) is 2.97. The molecule has 0 aromatic heterocycles. The van der Waals surface area contributed by atoms with Crippen LogP contribution >= 0.6 is 0 Å². The third-order valence-electron chi connectivity index (χ3n) is 3.80. The van der Waals surface area contributed by atoms with Crippen LogP contribution < -0.4 is 10.6 Å². The van der Waals surface area contributed by atoms with Gasteiger partial charge in [0, 0.05) is 25.3 Å². The molecule has 1 heterocycles. The first-order valence-corrected chi connectivity index (χ1v) is 7.56. The second-order valence-corrected chi connectivity index (χ2v) is 6.95. The van der Waals surface area contributed by atoms with Crippen molar-refractivity contribution in [2.75, 3.05) is 18.0 Å². The minimum absolute atomic E-state index is 0.332. The Kier molecular flexibility index (Phi) is 4.51. The van der Waals surface area contributed by atoms with E-state index in [2.05, 4.69) is 43.9 Å². The van der Waals surface area contributed by atoms with E-state index >= 15 is 0 Å². The molecule has 1 fully saturated rings. The molecule has 2 nitrogen and oxygen atoms in total. The monoisotopic (exact) mass is 260 g/mol. The third kappa shape index (κ3) is 3.97. The Morgan fingerprint density at radius 2 is 1.79 bits per heavy atom. The van der Waals surface area contributed by atoms with Crippen molar-refractivity contribution in [1.29, 1.82) is 0 Å². The molecular weight excluding hydrogens is 232 g/mol. The first-order chi connectivity index (χ1) is 8.99. The quantitative estimate of drug-likeness (QED) is 0.897. The van der Waals surface area contributed by atoms with E-state index in [0.29, 0.717) is 12.0 Å². The van der Waals surface area contributed by atoms with Gasteiger partial charge in [0.05, 0.1) is 0 Å². The van der Waals surface area contributed by atoms with E-state index in [0.717, 1.165) is 6.42 Å². The predicted octanol–water partition coefficient (Wildman–Crippen LogP) is 3.72. The molecule has 0 aliphatic carbocycles. The van der Waals surface area contributed by atoms with E-state index in [4.69, 9.17) is 5.73 Å². The average Bonchev–Trinajstić information content (AvgIpc) is 2.37. The summed E-state index contributed by atoms with van der Waals surface area (Å²) in [5.74, 6) is 0. The summed E-state index contributed by atoms with van der Waals surface area (Å²) in [5, 5.41) is 0. The van der Waals surface area contributed by atoms with Crippen LogP contribution in [-0.4, -0.2) is 13.1 Å². The maximum Gasteiger partial charge on any atom is 0.0411 e. The number of hydrogen-bond donors (Lipinski definition) is 1. The molecule has 19 heavy (non-hydrogen) atoms. The van der Waals surface area contributed by atoms with Crippen molar-refractivity contribution in [2.45, 2.75) is 53.0 Å². The molecule has 0 saturated carbocycles. The molecular formula is C17H28N2. The zero-order valence-electron chi connectivity index (χ0n) is 12.7. The molecule has 1 aromatic carbocycles. The smallest absolute Gasteiger partial charge is 0.0411 e. The van der Waals surface area contributed by atoms with Gasteiger partial charge in [-0.1, -0.05) is 32.9 Å². The van der Waals surface area contributed by atoms with Crippen LogP contribution in [0.15, 0.2) is 18.2 Å². The number of nitrogens with two attached hydrogens (primary N) is 1. The van der Waals surface area contributed by atoms with Gasteiger partial charge < -0.3 is 10.6 Å². The fourth-order valence-electron chi connectivity index (χ4n) is 2.97. The summed E-state index contributed by atoms with van der Waals surface area (Å²) in [7, 11) is 0. The highest BCUT2D eigenvalue weighted by Crippen LogP contribution is 2.28. The zero-order valence-corrected chi connectivity index (χ0v) is 12.7. The van der Waals surface area contributed by atoms with Crippen LogP contribution in [-0.2, 0) is 13.0 Å². The van der Waals surface area contributed by atoms with Crippen molar-refractivity contribution in [1.82, 2.24) is 0 Å². The van der Waals surface area contributed by atoms with Gasteiger partial charge in [0.2, 0.25) is 0 Å². The van der Waals surface area contributed by atoms with E-state index in [-0.39, 0.29) is 0 Å². The van der Waals surface area contributed by atoms with Crippen molar-refractivity contribution in [3.8, 4) is 0 Å². The molecule has 1 aliphatic heterocycles. The van der Waals surface area contributed by atoms with Gasteiger partial charge in [-0.25, -0.2) is 0 Å². The Balaban J connectivity index is 2.20. The maximum atomic E-state index is 5.96. The Morgan fingerprint density at radius 3 is 2.37 bits per heavy atom. The molecule has 0 bridgehead atoms. The third-order valence-corrected chi connectivity index (χ3v) is 3.80. The number of anilines is 1. The van der Waals surface area contributed by atoms with Gasteiger partial charge in [0.25, 0.3) is 0 Å². The predicted molar refractivity (Wildman–Crippen MR) is 83.6 cm³/mol. The van der Waals surface area contributed by atoms with Crippen LogP contribution in [0.4, 0.5) is 5.69 Å². The normalized spacial score (nSPS) is 16.7. The lowest BCUT2D eigenvalue weighted by molar-refractivity contribution is 0.411. The van der Waals surface area contributed by atoms with Crippen LogP contribution in [0, 0.1) is 5.41 Å². The summed E-state index contributed by atoms with van der Waals surface area (Å²) in [4.78, 5) is 2.51. The van der Waals surface area contributed by atoms with Gasteiger partial charge in [0.1, 0.15) is 0 Å². The van der Waals surface area contributed by atoms with Gasteiger partial charge in [-0.3, -0.25) is 0 Å². The first kappa shape index (κ1) is 14.4. The largest absolute Gasteiger partial charge is 0.371 e. The summed E-state index contributed by atoms with van der Waals surface area (Å²) in [6, 6.07) is 6.89. The highest BCUT2D eigenvalue weighted by atomic mass is 15.1. The number of piperidine rings is 1. The fraction of sp³-hybridized carbons (Fsp3) is 0.647. The van der Waals surface area contributed by atoms with Crippen molar-refractivity contribution < 1.29 is 0 Å². The Hall–Kier alpha value is -1.02. The first-order valence-electron chi connectivity index (χ1n) is 7.56. The highest BCUT2D eigenvalue weighted by Gasteiger charge is 2.16. The molecule has 0 amide bonds. The van der Waals surface area contributed by atoms with Gasteiger partial charge >= 0.3 is 0 Å². The molecule has 0 radical (unpaired) electrons. The molecule has 0 spiro atoms. The molecule has 1 aliphatic rings. The second kappa shape index (κ2) is 5.96. The molecule has 1 saturated heterocycles. The van der Waals surface area contributed by atoms with Gasteiger partial charge in [-0.05, 0) is 48.3 Å². The molecule has 1 aromatic rings. The summed E-state index contributed by atoms with van der Waals surface area (Å²) in [6.07, 6.45) is 5.11. The van der Waals surface area contributed by atoms with Gasteiger partial charge in [-0.2, -0.15) is 0 Å². The number of rotatable bonds is 3. The number of benzene rings is 1. The lowest BCUT2D eigenvalue weighted by Gasteiger charge is -2.31. The van der Waals surface area contributed by atoms with Crippen LogP contribution in [0.3, 0.4) is 0 Å². The van der Waals surface area contributed by atoms with E-state index in [1.165, 1.54) is 49.2 Å². The topological polar surface area (TPSA) is 29.3 Å². The lowest BCUT2D eigenvalue weighted by Crippen LogP contribution is -2.30. The van der Waals surface area contributed by atoms with Crippen molar-refractivity contribution in [3.05, 3.63) is 29.3 Å². The summed E-state index contributed by atoms with van der Waals surface area (Å²) in [5.41, 5.74) is 10.4. The van der Waals surface area contributed by atoms with Crippen molar-refractivity contribution in [2.24, 2.45) is 11.1 Å². The Morgan fingerprint density at radius 1 is 1.11 bits per heavy atom. The molecule has 2 N–H and O–H groups in total. The van der Waals surface area contributed by atoms with Gasteiger partial charge in [0.15, 0.2) is 0 Å². The van der Waals surface area contributed by atoms with Crippen LogP contribution in [0.1, 0.15) is 51.2 Å². The number of hydrogen-bond acceptors (Lipinski definition) is 2. The van der Waals surface area contributed by atoms with Crippen LogP contribution in [0.5, 0.6) is 0 Å². The molecule has 2 rings (SSSR count). The molecule has 0 unspecified atom stereocenters. The molecule has 2 heteroatoms. The SMILES string of the molecule is CC(C)(C)Cc1ccc(N2CCCCC2)c(CN)c1. The van der Waals surface area contributed by atoms with Crippen molar-refractivity contribution in [3.63, 3.8) is 0 Å². The van der Waals surface area contributed by atoms with Crippen molar-refractivity contribution >= 4 is 5.69 Å². The molecule has 106 valence electrons. The highest BCUT2D eigenvalue weighted by molar-refractivity contribution is 5.55. The van der Waals surface area contributed by atoms with E-state index in [9.17, 15) is 0 Å². The van der Waals surface area contributed by atoms with E-state index in [1.54, 1.807) is 0 Å². The minimum atomic E-state index is 0.332. The summed E-state index contributed by atoms with van der Waals surface area (Å²) >= 11 is 0. The number of nitrogens with zero attached hydrogens (tertiary/aromatic N) is 1. The maximum absolute atomic E-state index is 5.96. The van der Waals surface area contributed by atoms with Crippen LogP contribution in [0.2, 0.25) is 0 Å². The summed E-state index contributed by atoms with van der Waals surface area (Å²) < 4.78 is 0. The van der Waals surface area contributed by atoms with Gasteiger partial charge in [-0.15, -0.1) is 0 Å². The van der Waals surface area contributed by atoms with E-state index in [1.807, 2.05) is 0 Å². The zero-order chi connectivity index (χ0) is 13.9. The lowest BCUT2D eigenvalue weighted by atomic mass is 9.87. The minimum Gasteiger partial charge on any atom is -0.371 e. The van der Waals surface area contributed by atoms with Crippen LogP contribution in [0.25, 0.3) is 0 Å². The average molecular weight is 260 g/mol. The van der Waals surface area contributed by atoms with E-state index < -0.39 is 0 Å². The standard InChI is InChI=1S/C17H28N2/c1-17(2,3)12-14-7-8-16(15(11-14)13-18)19-9-5-4-6-10-19/h7-8,11H,4-6,9-10,12-13,18H2,1-3H3. The molecule has 0 atom stereocenters. The Labute approximate surface area is 118 Å². The summed E-state index contributed by atoms with van der Waals surface area (Å²) in [6.45, 7) is 9.87.